The first-order valence-corrected chi connectivity index (χ1v) is 9.40. The van der Waals surface area contributed by atoms with E-state index in [9.17, 15) is 4.79 Å². The summed E-state index contributed by atoms with van der Waals surface area (Å²) in [5, 5.41) is 3.04. The van der Waals surface area contributed by atoms with Crippen molar-refractivity contribution in [3.63, 3.8) is 0 Å². The van der Waals surface area contributed by atoms with E-state index in [0.717, 1.165) is 42.9 Å². The van der Waals surface area contributed by atoms with E-state index < -0.39 is 0 Å². The fourth-order valence-corrected chi connectivity index (χ4v) is 3.42. The van der Waals surface area contributed by atoms with Crippen LogP contribution in [0, 0.1) is 0 Å². The molecule has 1 N–H and O–H groups in total. The molecule has 140 valence electrons. The van der Waals surface area contributed by atoms with Gasteiger partial charge in [0, 0.05) is 45.5 Å². The predicted molar refractivity (Wildman–Crippen MR) is 106 cm³/mol. The SMILES string of the molecule is O=C(NCCCn1cnc2ccccc21)N1CCN(c2ccccn2)CC1. The van der Waals surface area contributed by atoms with Crippen molar-refractivity contribution < 1.29 is 4.79 Å². The minimum Gasteiger partial charge on any atom is -0.353 e. The summed E-state index contributed by atoms with van der Waals surface area (Å²) in [5.41, 5.74) is 2.14. The minimum atomic E-state index is 0.0196. The highest BCUT2D eigenvalue weighted by Crippen LogP contribution is 2.13. The first-order valence-electron chi connectivity index (χ1n) is 9.40. The van der Waals surface area contributed by atoms with E-state index in [1.165, 1.54) is 0 Å². The average Bonchev–Trinajstić information content (AvgIpc) is 3.15. The number of aryl methyl sites for hydroxylation is 1. The molecule has 0 radical (unpaired) electrons. The number of aromatic nitrogens is 3. The minimum absolute atomic E-state index is 0.0196. The molecule has 0 spiro atoms. The van der Waals surface area contributed by atoms with E-state index in [4.69, 9.17) is 0 Å². The second kappa shape index (κ2) is 8.07. The highest BCUT2D eigenvalue weighted by atomic mass is 16.2. The van der Waals surface area contributed by atoms with Gasteiger partial charge in [-0.2, -0.15) is 0 Å². The monoisotopic (exact) mass is 364 g/mol. The highest BCUT2D eigenvalue weighted by molar-refractivity contribution is 5.75. The van der Waals surface area contributed by atoms with Crippen LogP contribution in [0.15, 0.2) is 55.0 Å². The number of amides is 2. The molecule has 4 rings (SSSR count). The summed E-state index contributed by atoms with van der Waals surface area (Å²) in [6.45, 7) is 4.56. The molecule has 7 heteroatoms. The van der Waals surface area contributed by atoms with E-state index in [0.29, 0.717) is 19.6 Å². The van der Waals surface area contributed by atoms with Gasteiger partial charge < -0.3 is 19.7 Å². The zero-order valence-corrected chi connectivity index (χ0v) is 15.3. The van der Waals surface area contributed by atoms with Gasteiger partial charge in [0.05, 0.1) is 17.4 Å². The van der Waals surface area contributed by atoms with E-state index in [1.807, 2.05) is 47.6 Å². The second-order valence-electron chi connectivity index (χ2n) is 6.67. The number of hydrogen-bond acceptors (Lipinski definition) is 4. The molecule has 1 aliphatic heterocycles. The molecule has 3 aromatic rings. The number of rotatable bonds is 5. The van der Waals surface area contributed by atoms with Gasteiger partial charge in [-0.05, 0) is 30.7 Å². The number of nitrogens with one attached hydrogen (secondary N) is 1. The summed E-state index contributed by atoms with van der Waals surface area (Å²) in [5.74, 6) is 0.977. The van der Waals surface area contributed by atoms with Crippen molar-refractivity contribution in [2.75, 3.05) is 37.6 Å². The predicted octanol–water partition coefficient (Wildman–Crippen LogP) is 2.35. The zero-order valence-electron chi connectivity index (χ0n) is 15.3. The van der Waals surface area contributed by atoms with Gasteiger partial charge in [0.1, 0.15) is 5.82 Å². The summed E-state index contributed by atoms with van der Waals surface area (Å²) >= 11 is 0. The lowest BCUT2D eigenvalue weighted by Crippen LogP contribution is -2.52. The fourth-order valence-electron chi connectivity index (χ4n) is 3.42. The number of imidazole rings is 1. The van der Waals surface area contributed by atoms with Gasteiger partial charge in [-0.15, -0.1) is 0 Å². The van der Waals surface area contributed by atoms with Crippen LogP contribution in [-0.4, -0.2) is 58.2 Å². The number of pyridine rings is 1. The summed E-state index contributed by atoms with van der Waals surface area (Å²) in [4.78, 5) is 25.2. The number of carbonyl (C=O) groups excluding carboxylic acids is 1. The molecule has 7 nitrogen and oxygen atoms in total. The Morgan fingerprint density at radius 3 is 2.63 bits per heavy atom. The van der Waals surface area contributed by atoms with Gasteiger partial charge in [0.15, 0.2) is 0 Å². The number of nitrogens with zero attached hydrogens (tertiary/aromatic N) is 5. The summed E-state index contributed by atoms with van der Waals surface area (Å²) in [6.07, 6.45) is 4.54. The Balaban J connectivity index is 1.20. The van der Waals surface area contributed by atoms with Gasteiger partial charge in [0.2, 0.25) is 0 Å². The maximum Gasteiger partial charge on any atom is 0.317 e. The van der Waals surface area contributed by atoms with Crippen molar-refractivity contribution in [2.24, 2.45) is 0 Å². The lowest BCUT2D eigenvalue weighted by atomic mass is 10.3. The standard InChI is InChI=1S/C20H24N6O/c27-20(25-14-12-24(13-15-25)19-8-3-4-9-21-19)22-10-5-11-26-16-23-17-6-1-2-7-18(17)26/h1-4,6-9,16H,5,10-15H2,(H,22,27). The maximum atomic E-state index is 12.4. The van der Waals surface area contributed by atoms with Crippen molar-refractivity contribution in [1.82, 2.24) is 24.8 Å². The van der Waals surface area contributed by atoms with Gasteiger partial charge in [-0.25, -0.2) is 14.8 Å². The van der Waals surface area contributed by atoms with Crippen LogP contribution in [0.3, 0.4) is 0 Å². The molecule has 1 fully saturated rings. The molecule has 2 amide bonds. The van der Waals surface area contributed by atoms with Crippen molar-refractivity contribution in [3.05, 3.63) is 55.0 Å². The average molecular weight is 364 g/mol. The molecule has 27 heavy (non-hydrogen) atoms. The van der Waals surface area contributed by atoms with Crippen molar-refractivity contribution in [3.8, 4) is 0 Å². The molecule has 0 atom stereocenters. The third-order valence-electron chi connectivity index (χ3n) is 4.92. The largest absolute Gasteiger partial charge is 0.353 e. The Morgan fingerprint density at radius 2 is 1.81 bits per heavy atom. The molecule has 2 aromatic heterocycles. The maximum absolute atomic E-state index is 12.4. The summed E-state index contributed by atoms with van der Waals surface area (Å²) < 4.78 is 2.13. The Hall–Kier alpha value is -3.09. The summed E-state index contributed by atoms with van der Waals surface area (Å²) in [6, 6.07) is 14.0. The Bertz CT molecular complexity index is 886. The topological polar surface area (TPSA) is 66.3 Å². The van der Waals surface area contributed by atoms with Gasteiger partial charge >= 0.3 is 6.03 Å². The molecule has 1 aliphatic rings. The van der Waals surface area contributed by atoms with Crippen LogP contribution in [0.1, 0.15) is 6.42 Å². The first-order chi connectivity index (χ1) is 13.3. The molecule has 0 unspecified atom stereocenters. The first kappa shape index (κ1) is 17.3. The number of urea groups is 1. The molecule has 1 saturated heterocycles. The zero-order chi connectivity index (χ0) is 18.5. The molecule has 1 aromatic carbocycles. The fraction of sp³-hybridized carbons (Fsp3) is 0.350. The highest BCUT2D eigenvalue weighted by Gasteiger charge is 2.21. The Kier molecular flexibility index (Phi) is 5.18. The van der Waals surface area contributed by atoms with Gasteiger partial charge in [-0.1, -0.05) is 18.2 Å². The third kappa shape index (κ3) is 4.02. The number of benzene rings is 1. The smallest absolute Gasteiger partial charge is 0.317 e. The van der Waals surface area contributed by atoms with Crippen molar-refractivity contribution >= 4 is 22.9 Å². The number of para-hydroxylation sites is 2. The van der Waals surface area contributed by atoms with Crippen LogP contribution >= 0.6 is 0 Å². The molecule has 0 bridgehead atoms. The van der Waals surface area contributed by atoms with Crippen LogP contribution in [0.25, 0.3) is 11.0 Å². The van der Waals surface area contributed by atoms with E-state index >= 15 is 0 Å². The lowest BCUT2D eigenvalue weighted by Gasteiger charge is -2.35. The van der Waals surface area contributed by atoms with E-state index in [-0.39, 0.29) is 6.03 Å². The van der Waals surface area contributed by atoms with Crippen LogP contribution < -0.4 is 10.2 Å². The number of fused-ring (bicyclic) bond motifs is 1. The van der Waals surface area contributed by atoms with Crippen LogP contribution in [0.2, 0.25) is 0 Å². The quantitative estimate of drug-likeness (QED) is 0.706. The van der Waals surface area contributed by atoms with Crippen LogP contribution in [-0.2, 0) is 6.54 Å². The van der Waals surface area contributed by atoms with E-state index in [1.54, 1.807) is 6.20 Å². The molecule has 0 aliphatic carbocycles. The van der Waals surface area contributed by atoms with Crippen LogP contribution in [0.4, 0.5) is 10.6 Å². The number of carbonyl (C=O) groups is 1. The summed E-state index contributed by atoms with van der Waals surface area (Å²) in [7, 11) is 0. The molecule has 3 heterocycles. The van der Waals surface area contributed by atoms with Crippen molar-refractivity contribution in [1.29, 1.82) is 0 Å². The van der Waals surface area contributed by atoms with Crippen molar-refractivity contribution in [2.45, 2.75) is 13.0 Å². The van der Waals surface area contributed by atoms with Crippen LogP contribution in [0.5, 0.6) is 0 Å². The molecular formula is C20H24N6O. The normalized spacial score (nSPS) is 14.5. The molecular weight excluding hydrogens is 340 g/mol. The Morgan fingerprint density at radius 1 is 1.00 bits per heavy atom. The number of anilines is 1. The van der Waals surface area contributed by atoms with Gasteiger partial charge in [-0.3, -0.25) is 0 Å². The lowest BCUT2D eigenvalue weighted by molar-refractivity contribution is 0.194. The van der Waals surface area contributed by atoms with Gasteiger partial charge in [0.25, 0.3) is 0 Å². The van der Waals surface area contributed by atoms with E-state index in [2.05, 4.69) is 30.8 Å². The number of hydrogen-bond donors (Lipinski definition) is 1. The number of piperazine rings is 1. The second-order valence-corrected chi connectivity index (χ2v) is 6.67. The Labute approximate surface area is 158 Å². The molecule has 0 saturated carbocycles. The third-order valence-corrected chi connectivity index (χ3v) is 4.92.